The smallest absolute Gasteiger partial charge is 0.322 e. The summed E-state index contributed by atoms with van der Waals surface area (Å²) in [6, 6.07) is 0.335. The van der Waals surface area contributed by atoms with E-state index in [-0.39, 0.29) is 0 Å². The lowest BCUT2D eigenvalue weighted by Crippen LogP contribution is -2.22. The van der Waals surface area contributed by atoms with Crippen molar-refractivity contribution in [3.63, 3.8) is 0 Å². The summed E-state index contributed by atoms with van der Waals surface area (Å²) >= 11 is 0. The number of ether oxygens (including phenoxy) is 1. The molecule has 1 saturated carbocycles. The SMILES string of the molecule is CCC1CCC(CNc2nc(NC)nc(OC)n2)CC1. The average molecular weight is 279 g/mol. The molecule has 2 rings (SSSR count). The van der Waals surface area contributed by atoms with Crippen LogP contribution in [-0.2, 0) is 0 Å². The third-order valence-corrected chi connectivity index (χ3v) is 4.11. The molecule has 1 heterocycles. The van der Waals surface area contributed by atoms with E-state index in [9.17, 15) is 0 Å². The van der Waals surface area contributed by atoms with E-state index in [0.717, 1.165) is 18.4 Å². The fraction of sp³-hybridized carbons (Fsp3) is 0.786. The van der Waals surface area contributed by atoms with Gasteiger partial charge in [-0.25, -0.2) is 0 Å². The maximum absolute atomic E-state index is 5.08. The van der Waals surface area contributed by atoms with Crippen molar-refractivity contribution in [1.82, 2.24) is 15.0 Å². The molecule has 1 fully saturated rings. The van der Waals surface area contributed by atoms with Gasteiger partial charge in [-0.1, -0.05) is 26.2 Å². The molecule has 112 valence electrons. The highest BCUT2D eigenvalue weighted by Gasteiger charge is 2.20. The van der Waals surface area contributed by atoms with E-state index in [0.29, 0.717) is 17.9 Å². The zero-order valence-electron chi connectivity index (χ0n) is 12.6. The highest BCUT2D eigenvalue weighted by molar-refractivity contribution is 5.35. The van der Waals surface area contributed by atoms with E-state index < -0.39 is 0 Å². The van der Waals surface area contributed by atoms with Gasteiger partial charge in [0.2, 0.25) is 11.9 Å². The van der Waals surface area contributed by atoms with Crippen LogP contribution >= 0.6 is 0 Å². The van der Waals surface area contributed by atoms with Gasteiger partial charge in [-0.05, 0) is 24.7 Å². The summed E-state index contributed by atoms with van der Waals surface area (Å²) in [6.07, 6.45) is 6.62. The maximum Gasteiger partial charge on any atom is 0.322 e. The van der Waals surface area contributed by atoms with Crippen LogP contribution in [0.5, 0.6) is 6.01 Å². The van der Waals surface area contributed by atoms with Crippen LogP contribution in [0.15, 0.2) is 0 Å². The van der Waals surface area contributed by atoms with Gasteiger partial charge < -0.3 is 15.4 Å². The summed E-state index contributed by atoms with van der Waals surface area (Å²) in [5, 5.41) is 6.23. The van der Waals surface area contributed by atoms with Gasteiger partial charge in [-0.2, -0.15) is 15.0 Å². The quantitative estimate of drug-likeness (QED) is 0.834. The molecule has 1 aliphatic carbocycles. The second-order valence-electron chi connectivity index (χ2n) is 5.40. The highest BCUT2D eigenvalue weighted by Crippen LogP contribution is 2.30. The van der Waals surface area contributed by atoms with Crippen molar-refractivity contribution in [2.75, 3.05) is 31.3 Å². The maximum atomic E-state index is 5.08. The zero-order chi connectivity index (χ0) is 14.4. The molecule has 0 bridgehead atoms. The molecular weight excluding hydrogens is 254 g/mol. The summed E-state index contributed by atoms with van der Waals surface area (Å²) in [7, 11) is 3.34. The van der Waals surface area contributed by atoms with Crippen molar-refractivity contribution in [3.8, 4) is 6.01 Å². The molecule has 1 aromatic rings. The Morgan fingerprint density at radius 1 is 1.05 bits per heavy atom. The molecule has 0 saturated heterocycles. The Bertz CT molecular complexity index is 396. The Kier molecular flexibility index (Phi) is 5.38. The second-order valence-corrected chi connectivity index (χ2v) is 5.40. The van der Waals surface area contributed by atoms with Crippen LogP contribution in [0, 0.1) is 11.8 Å². The Morgan fingerprint density at radius 2 is 1.70 bits per heavy atom. The van der Waals surface area contributed by atoms with Gasteiger partial charge in [-0.15, -0.1) is 0 Å². The normalized spacial score (nSPS) is 22.4. The minimum absolute atomic E-state index is 0.335. The summed E-state index contributed by atoms with van der Waals surface area (Å²) in [4.78, 5) is 12.6. The third-order valence-electron chi connectivity index (χ3n) is 4.11. The van der Waals surface area contributed by atoms with Gasteiger partial charge in [0.25, 0.3) is 0 Å². The minimum atomic E-state index is 0.335. The Labute approximate surface area is 120 Å². The van der Waals surface area contributed by atoms with Crippen LogP contribution in [-0.4, -0.2) is 35.7 Å². The van der Waals surface area contributed by atoms with E-state index in [1.807, 2.05) is 0 Å². The average Bonchev–Trinajstić information content (AvgIpc) is 2.53. The van der Waals surface area contributed by atoms with Crippen molar-refractivity contribution in [1.29, 1.82) is 0 Å². The van der Waals surface area contributed by atoms with Crippen molar-refractivity contribution in [2.24, 2.45) is 11.8 Å². The molecule has 6 heteroatoms. The number of hydrogen-bond acceptors (Lipinski definition) is 6. The fourth-order valence-electron chi connectivity index (χ4n) is 2.72. The lowest BCUT2D eigenvalue weighted by Gasteiger charge is -2.27. The van der Waals surface area contributed by atoms with Crippen molar-refractivity contribution >= 4 is 11.9 Å². The van der Waals surface area contributed by atoms with Crippen molar-refractivity contribution < 1.29 is 4.74 Å². The summed E-state index contributed by atoms with van der Waals surface area (Å²) in [5.74, 6) is 2.76. The minimum Gasteiger partial charge on any atom is -0.467 e. The lowest BCUT2D eigenvalue weighted by atomic mass is 9.81. The van der Waals surface area contributed by atoms with Crippen LogP contribution in [0.3, 0.4) is 0 Å². The molecule has 0 unspecified atom stereocenters. The molecule has 2 N–H and O–H groups in total. The van der Waals surface area contributed by atoms with Gasteiger partial charge >= 0.3 is 6.01 Å². The van der Waals surface area contributed by atoms with Crippen LogP contribution in [0.1, 0.15) is 39.0 Å². The van der Waals surface area contributed by atoms with E-state index >= 15 is 0 Å². The van der Waals surface area contributed by atoms with Gasteiger partial charge in [0.15, 0.2) is 0 Å². The largest absolute Gasteiger partial charge is 0.467 e. The highest BCUT2D eigenvalue weighted by atomic mass is 16.5. The molecule has 0 radical (unpaired) electrons. The first-order valence-corrected chi connectivity index (χ1v) is 7.46. The monoisotopic (exact) mass is 279 g/mol. The van der Waals surface area contributed by atoms with E-state index in [1.165, 1.54) is 32.1 Å². The molecule has 0 amide bonds. The van der Waals surface area contributed by atoms with Crippen molar-refractivity contribution in [2.45, 2.75) is 39.0 Å². The molecule has 0 atom stereocenters. The summed E-state index contributed by atoms with van der Waals surface area (Å²) < 4.78 is 5.08. The number of aromatic nitrogens is 3. The van der Waals surface area contributed by atoms with Crippen LogP contribution in [0.2, 0.25) is 0 Å². The molecule has 0 aromatic carbocycles. The van der Waals surface area contributed by atoms with Gasteiger partial charge in [0, 0.05) is 13.6 Å². The van der Waals surface area contributed by atoms with Crippen LogP contribution < -0.4 is 15.4 Å². The molecule has 20 heavy (non-hydrogen) atoms. The lowest BCUT2D eigenvalue weighted by molar-refractivity contribution is 0.278. The topological polar surface area (TPSA) is 72.0 Å². The van der Waals surface area contributed by atoms with Gasteiger partial charge in [0.05, 0.1) is 7.11 Å². The fourth-order valence-corrected chi connectivity index (χ4v) is 2.72. The molecule has 1 aliphatic rings. The Balaban J connectivity index is 1.87. The number of rotatable bonds is 6. The molecular formula is C14H25N5O. The molecule has 0 spiro atoms. The first-order valence-electron chi connectivity index (χ1n) is 7.46. The predicted molar refractivity (Wildman–Crippen MR) is 80.2 cm³/mol. The number of nitrogens with zero attached hydrogens (tertiary/aromatic N) is 3. The third kappa shape index (κ3) is 3.95. The van der Waals surface area contributed by atoms with Crippen LogP contribution in [0.4, 0.5) is 11.9 Å². The second kappa shape index (κ2) is 7.26. The number of nitrogens with one attached hydrogen (secondary N) is 2. The first kappa shape index (κ1) is 14.8. The number of hydrogen-bond donors (Lipinski definition) is 2. The van der Waals surface area contributed by atoms with E-state index in [2.05, 4.69) is 32.5 Å². The van der Waals surface area contributed by atoms with Crippen LogP contribution in [0.25, 0.3) is 0 Å². The molecule has 6 nitrogen and oxygen atoms in total. The molecule has 0 aliphatic heterocycles. The zero-order valence-corrected chi connectivity index (χ0v) is 12.6. The molecule has 1 aromatic heterocycles. The van der Waals surface area contributed by atoms with Crippen molar-refractivity contribution in [3.05, 3.63) is 0 Å². The van der Waals surface area contributed by atoms with E-state index in [4.69, 9.17) is 4.74 Å². The Morgan fingerprint density at radius 3 is 2.30 bits per heavy atom. The predicted octanol–water partition coefficient (Wildman–Crippen LogP) is 2.55. The summed E-state index contributed by atoms with van der Waals surface area (Å²) in [6.45, 7) is 3.21. The first-order chi connectivity index (χ1) is 9.75. The van der Waals surface area contributed by atoms with Gasteiger partial charge in [-0.3, -0.25) is 0 Å². The number of anilines is 2. The number of methoxy groups -OCH3 is 1. The van der Waals surface area contributed by atoms with E-state index in [1.54, 1.807) is 14.2 Å². The standard InChI is InChI=1S/C14H25N5O/c1-4-10-5-7-11(8-6-10)9-16-13-17-12(15-2)18-14(19-13)20-3/h10-11H,4-9H2,1-3H3,(H2,15,16,17,18,19). The summed E-state index contributed by atoms with van der Waals surface area (Å²) in [5.41, 5.74) is 0. The van der Waals surface area contributed by atoms with Gasteiger partial charge in [0.1, 0.15) is 0 Å². The Hall–Kier alpha value is -1.59.